The van der Waals surface area contributed by atoms with E-state index in [0.717, 1.165) is 122 Å². The smallest absolute Gasteiger partial charge is 0.238 e. The Bertz CT molecular complexity index is 2900. The van der Waals surface area contributed by atoms with Gasteiger partial charge in [0.25, 0.3) is 0 Å². The van der Waals surface area contributed by atoms with Gasteiger partial charge in [-0.25, -0.2) is 15.0 Å². The largest absolute Gasteiger partial charge is 0.372 e. The number of ether oxygens (including phenoxy) is 1. The van der Waals surface area contributed by atoms with Gasteiger partial charge >= 0.3 is 0 Å². The van der Waals surface area contributed by atoms with E-state index in [4.69, 9.17) is 14.7 Å². The highest BCUT2D eigenvalue weighted by Gasteiger charge is 2.56. The number of carbonyl (C=O) groups is 5. The van der Waals surface area contributed by atoms with Gasteiger partial charge in [0.15, 0.2) is 5.82 Å². The maximum atomic E-state index is 15.5. The van der Waals surface area contributed by atoms with E-state index in [1.54, 1.807) is 6.20 Å². The summed E-state index contributed by atoms with van der Waals surface area (Å²) in [7, 11) is 0. The average molecular weight is 1020 g/mol. The number of morpholine rings is 1. The van der Waals surface area contributed by atoms with Gasteiger partial charge in [-0.2, -0.15) is 0 Å². The second-order valence-corrected chi connectivity index (χ2v) is 24.3. The first-order valence-electron chi connectivity index (χ1n) is 28.5. The molecule has 75 heavy (non-hydrogen) atoms. The number of pyridine rings is 2. The van der Waals surface area contributed by atoms with Crippen molar-refractivity contribution in [1.82, 2.24) is 39.5 Å². The Labute approximate surface area is 439 Å². The SMILES string of the molecule is CC(C)n1cnc2cc(-c3ccc4c(c3)N([C@H]3CC[C@@H](N5CC6CCC(C5)O6)C3)C(=O)C43CCN(C(=O)C4(C)CCN(C(=O)C5CCN(c6ccc(C7CCC(=O)NC7=O)cn6)CC5)CC4)CC3)nc(NC3CC3)c21. The van der Waals surface area contributed by atoms with Crippen LogP contribution in [-0.2, 0) is 34.1 Å². The third-order valence-electron chi connectivity index (χ3n) is 19.2. The van der Waals surface area contributed by atoms with Gasteiger partial charge in [0, 0.05) is 112 Å². The summed E-state index contributed by atoms with van der Waals surface area (Å²) in [6, 6.07) is 13.7. The maximum Gasteiger partial charge on any atom is 0.238 e. The van der Waals surface area contributed by atoms with Crippen LogP contribution < -0.4 is 20.4 Å². The summed E-state index contributed by atoms with van der Waals surface area (Å²) in [4.78, 5) is 94.1. The van der Waals surface area contributed by atoms with Gasteiger partial charge in [0.1, 0.15) is 11.3 Å². The monoisotopic (exact) mass is 1020 g/mol. The Morgan fingerprint density at radius 1 is 0.800 bits per heavy atom. The second-order valence-electron chi connectivity index (χ2n) is 24.3. The average Bonchev–Trinajstić information content (AvgIpc) is 3.67. The Kier molecular flexibility index (Phi) is 12.3. The molecule has 2 N–H and O–H groups in total. The summed E-state index contributed by atoms with van der Waals surface area (Å²) >= 11 is 0. The molecule has 0 radical (unpaired) electrons. The Balaban J connectivity index is 0.681. The van der Waals surface area contributed by atoms with Gasteiger partial charge in [-0.15, -0.1) is 0 Å². The fourth-order valence-corrected chi connectivity index (χ4v) is 14.5. The number of amides is 5. The van der Waals surface area contributed by atoms with E-state index in [1.165, 1.54) is 0 Å². The number of nitrogens with zero attached hydrogens (tertiary/aromatic N) is 9. The zero-order chi connectivity index (χ0) is 51.3. The van der Waals surface area contributed by atoms with Crippen LogP contribution in [0.25, 0.3) is 22.3 Å². The van der Waals surface area contributed by atoms with Crippen LogP contribution in [0.15, 0.2) is 48.9 Å². The summed E-state index contributed by atoms with van der Waals surface area (Å²) in [5.41, 5.74) is 5.36. The number of hydrogen-bond donors (Lipinski definition) is 2. The van der Waals surface area contributed by atoms with Gasteiger partial charge in [0.05, 0.1) is 41.1 Å². The fraction of sp³-hybridized carbons (Fsp3) is 0.621. The highest BCUT2D eigenvalue weighted by molar-refractivity contribution is 6.09. The Morgan fingerprint density at radius 2 is 1.53 bits per heavy atom. The van der Waals surface area contributed by atoms with Crippen LogP contribution in [0.2, 0.25) is 0 Å². The molecular weight excluding hydrogens is 947 g/mol. The summed E-state index contributed by atoms with van der Waals surface area (Å²) in [6.07, 6.45) is 16.5. The van der Waals surface area contributed by atoms with Crippen molar-refractivity contribution in [2.24, 2.45) is 11.3 Å². The lowest BCUT2D eigenvalue weighted by atomic mass is 9.72. The normalized spacial score (nSPS) is 27.9. The Hall–Kier alpha value is -5.94. The molecule has 7 aliphatic heterocycles. The maximum absolute atomic E-state index is 15.5. The molecule has 9 aliphatic rings. The standard InChI is InChI=1S/C58H73N11O6/c1-35(2)68-34-60-47-30-46(62-52(51(47)68)61-39-6-7-39)37-4-13-45-48(28-37)69(41-9-8-40(29-41)67-32-42-10-11-43(33-67)75-42)56(74)58(45)20-26-66(27-21-58)55(73)57(3)18-24-65(25-19-57)54(72)36-16-22-64(23-17-36)49-14-5-38(31-59-49)44-12-15-50(70)63-53(44)71/h4-5,13-14,28,30-31,34-36,39-44H,6-12,15-27,29,32-33H2,1-3H3,(H,61,62)(H,63,70,71)/t40-,41+,42?,43?,44?/m1/s1. The molecule has 1 aromatic carbocycles. The number of piperidine rings is 4. The van der Waals surface area contributed by atoms with Crippen LogP contribution in [0, 0.1) is 11.3 Å². The molecule has 2 bridgehead atoms. The number of fused-ring (bicyclic) bond motifs is 5. The zero-order valence-electron chi connectivity index (χ0n) is 44.0. The van der Waals surface area contributed by atoms with E-state index < -0.39 is 10.8 Å². The van der Waals surface area contributed by atoms with E-state index in [9.17, 15) is 19.2 Å². The highest BCUT2D eigenvalue weighted by atomic mass is 16.5. The molecule has 2 saturated carbocycles. The number of benzene rings is 1. The lowest BCUT2D eigenvalue weighted by Gasteiger charge is -2.45. The number of hydrogen-bond acceptors (Lipinski definition) is 12. The summed E-state index contributed by atoms with van der Waals surface area (Å²) in [6.45, 7) is 11.9. The van der Waals surface area contributed by atoms with E-state index in [-0.39, 0.29) is 53.5 Å². The van der Waals surface area contributed by atoms with E-state index in [2.05, 4.69) is 79.9 Å². The van der Waals surface area contributed by atoms with Crippen molar-refractivity contribution < 1.29 is 28.7 Å². The summed E-state index contributed by atoms with van der Waals surface area (Å²) < 4.78 is 8.44. The number of aromatic nitrogens is 4. The van der Waals surface area contributed by atoms with Gasteiger partial charge < -0.3 is 34.2 Å². The molecule has 4 aromatic rings. The van der Waals surface area contributed by atoms with Crippen molar-refractivity contribution in [3.63, 3.8) is 0 Å². The predicted octanol–water partition coefficient (Wildman–Crippen LogP) is 6.71. The molecule has 3 unspecified atom stereocenters. The number of nitrogens with one attached hydrogen (secondary N) is 2. The first-order valence-corrected chi connectivity index (χ1v) is 28.5. The minimum absolute atomic E-state index is 0.0781. The van der Waals surface area contributed by atoms with Crippen LogP contribution in [0.4, 0.5) is 17.3 Å². The van der Waals surface area contributed by atoms with Crippen molar-refractivity contribution in [3.05, 3.63) is 60.0 Å². The number of carbonyl (C=O) groups excluding carboxylic acids is 5. The molecule has 2 aliphatic carbocycles. The molecule has 8 fully saturated rings. The fourth-order valence-electron chi connectivity index (χ4n) is 14.5. The number of anilines is 3. The first kappa shape index (κ1) is 48.7. The zero-order valence-corrected chi connectivity index (χ0v) is 44.0. The lowest BCUT2D eigenvalue weighted by Crippen LogP contribution is -2.56. The number of likely N-dealkylation sites (tertiary alicyclic amines) is 3. The van der Waals surface area contributed by atoms with Crippen LogP contribution in [0.3, 0.4) is 0 Å². The van der Waals surface area contributed by atoms with Gasteiger partial charge in [0.2, 0.25) is 29.5 Å². The van der Waals surface area contributed by atoms with Crippen LogP contribution >= 0.6 is 0 Å². The molecule has 6 saturated heterocycles. The molecule has 17 nitrogen and oxygen atoms in total. The number of imide groups is 1. The van der Waals surface area contributed by atoms with Gasteiger partial charge in [-0.3, -0.25) is 34.2 Å². The van der Waals surface area contributed by atoms with Crippen LogP contribution in [0.5, 0.6) is 0 Å². The van der Waals surface area contributed by atoms with E-state index in [1.807, 2.05) is 28.3 Å². The molecule has 396 valence electrons. The quantitative estimate of drug-likeness (QED) is 0.161. The lowest BCUT2D eigenvalue weighted by molar-refractivity contribution is -0.150. The van der Waals surface area contributed by atoms with Crippen molar-refractivity contribution >= 4 is 57.9 Å². The van der Waals surface area contributed by atoms with Crippen LogP contribution in [0.1, 0.15) is 140 Å². The summed E-state index contributed by atoms with van der Waals surface area (Å²) in [5.74, 6) is 1.25. The van der Waals surface area contributed by atoms with E-state index in [0.29, 0.717) is 102 Å². The second kappa shape index (κ2) is 19.0. The van der Waals surface area contributed by atoms with Gasteiger partial charge in [-0.05, 0) is 133 Å². The minimum Gasteiger partial charge on any atom is -0.372 e. The molecule has 1 spiro atoms. The predicted molar refractivity (Wildman–Crippen MR) is 284 cm³/mol. The highest BCUT2D eigenvalue weighted by Crippen LogP contribution is 2.52. The third kappa shape index (κ3) is 8.77. The molecule has 5 atom stereocenters. The van der Waals surface area contributed by atoms with Crippen molar-refractivity contribution in [3.8, 4) is 11.3 Å². The molecule has 13 rings (SSSR count). The molecular formula is C58H73N11O6. The third-order valence-corrected chi connectivity index (χ3v) is 19.2. The molecule has 5 amide bonds. The van der Waals surface area contributed by atoms with Gasteiger partial charge in [-0.1, -0.05) is 25.1 Å². The van der Waals surface area contributed by atoms with Crippen LogP contribution in [-0.4, -0.2) is 146 Å². The molecule has 17 heteroatoms. The Morgan fingerprint density at radius 3 is 2.23 bits per heavy atom. The topological polar surface area (TPSA) is 178 Å². The van der Waals surface area contributed by atoms with E-state index >= 15 is 4.79 Å². The minimum atomic E-state index is -0.714. The van der Waals surface area contributed by atoms with Crippen molar-refractivity contribution in [2.75, 3.05) is 67.5 Å². The van der Waals surface area contributed by atoms with Crippen molar-refractivity contribution in [1.29, 1.82) is 0 Å². The molecule has 10 heterocycles. The van der Waals surface area contributed by atoms with Crippen molar-refractivity contribution in [2.45, 2.75) is 165 Å². The first-order chi connectivity index (χ1) is 36.3. The molecule has 3 aromatic heterocycles. The summed E-state index contributed by atoms with van der Waals surface area (Å²) in [5, 5.41) is 6.15. The number of rotatable bonds is 10. The number of imidazole rings is 1.